The number of ether oxygens (including phenoxy) is 1. The summed E-state index contributed by atoms with van der Waals surface area (Å²) in [7, 11) is 0. The Bertz CT molecular complexity index is 314. The largest absolute Gasteiger partial charge is 0.381 e. The van der Waals surface area contributed by atoms with Crippen LogP contribution >= 0.6 is 0 Å². The van der Waals surface area contributed by atoms with Gasteiger partial charge in [0.1, 0.15) is 0 Å². The molecule has 0 radical (unpaired) electrons. The topological polar surface area (TPSA) is 60.2 Å². The van der Waals surface area contributed by atoms with Crippen molar-refractivity contribution in [3.05, 3.63) is 11.7 Å². The number of hydrogen-bond acceptors (Lipinski definition) is 5. The van der Waals surface area contributed by atoms with E-state index in [1.807, 2.05) is 6.92 Å². The first-order valence-electron chi connectivity index (χ1n) is 6.32. The summed E-state index contributed by atoms with van der Waals surface area (Å²) in [6.45, 7) is 10.6. The van der Waals surface area contributed by atoms with Crippen molar-refractivity contribution in [1.29, 1.82) is 0 Å². The first-order chi connectivity index (χ1) is 8.19. The molecular formula is C12H23N3O2. The maximum Gasteiger partial charge on any atom is 0.231 e. The molecule has 0 aromatic carbocycles. The summed E-state index contributed by atoms with van der Waals surface area (Å²) in [6, 6.07) is 0.334. The highest BCUT2D eigenvalue weighted by molar-refractivity contribution is 4.96. The van der Waals surface area contributed by atoms with E-state index in [0.29, 0.717) is 25.0 Å². The van der Waals surface area contributed by atoms with Crippen LogP contribution in [0.4, 0.5) is 0 Å². The van der Waals surface area contributed by atoms with Gasteiger partial charge < -0.3 is 14.6 Å². The summed E-state index contributed by atoms with van der Waals surface area (Å²) < 4.78 is 10.5. The van der Waals surface area contributed by atoms with Crippen LogP contribution in [0.5, 0.6) is 0 Å². The number of nitrogens with one attached hydrogen (secondary N) is 1. The molecule has 0 aliphatic carbocycles. The smallest absolute Gasteiger partial charge is 0.231 e. The fourth-order valence-corrected chi connectivity index (χ4v) is 1.57. The number of likely N-dealkylation sites (N-methyl/N-ethyl adjacent to an activating group) is 1. The third-order valence-electron chi connectivity index (χ3n) is 2.82. The Balaban J connectivity index is 2.48. The van der Waals surface area contributed by atoms with Crippen LogP contribution in [0.25, 0.3) is 0 Å². The van der Waals surface area contributed by atoms with E-state index < -0.39 is 0 Å². The van der Waals surface area contributed by atoms with Crippen LogP contribution in [-0.4, -0.2) is 35.9 Å². The van der Waals surface area contributed by atoms with Gasteiger partial charge >= 0.3 is 0 Å². The van der Waals surface area contributed by atoms with Gasteiger partial charge in [0.05, 0.1) is 12.5 Å². The van der Waals surface area contributed by atoms with Gasteiger partial charge in [-0.3, -0.25) is 0 Å². The van der Waals surface area contributed by atoms with Gasteiger partial charge in [-0.2, -0.15) is 4.98 Å². The maximum absolute atomic E-state index is 5.27. The molecule has 98 valence electrons. The average molecular weight is 241 g/mol. The zero-order valence-electron chi connectivity index (χ0n) is 11.2. The summed E-state index contributed by atoms with van der Waals surface area (Å²) >= 11 is 0. The van der Waals surface area contributed by atoms with Gasteiger partial charge in [-0.1, -0.05) is 19.0 Å². The lowest BCUT2D eigenvalue weighted by Crippen LogP contribution is -2.30. The number of aromatic nitrogens is 2. The highest BCUT2D eigenvalue weighted by atomic mass is 16.5. The predicted molar refractivity (Wildman–Crippen MR) is 66.0 cm³/mol. The zero-order chi connectivity index (χ0) is 12.7. The van der Waals surface area contributed by atoms with Gasteiger partial charge in [0.15, 0.2) is 5.82 Å². The molecule has 0 aliphatic rings. The minimum absolute atomic E-state index is 0.225. The number of nitrogens with zero attached hydrogens (tertiary/aromatic N) is 2. The Morgan fingerprint density at radius 3 is 2.76 bits per heavy atom. The summed E-state index contributed by atoms with van der Waals surface area (Å²) in [5, 5.41) is 7.31. The lowest BCUT2D eigenvalue weighted by Gasteiger charge is -2.16. The van der Waals surface area contributed by atoms with Gasteiger partial charge in [-0.05, 0) is 20.4 Å². The molecule has 0 spiro atoms. The summed E-state index contributed by atoms with van der Waals surface area (Å²) in [5.41, 5.74) is 0. The molecule has 0 aliphatic heterocycles. The second-order valence-electron chi connectivity index (χ2n) is 4.13. The SMILES string of the molecule is CCNC(C)C(C)c1nc(CCOCC)no1. The van der Waals surface area contributed by atoms with E-state index in [2.05, 4.69) is 36.2 Å². The van der Waals surface area contributed by atoms with Crippen molar-refractivity contribution in [2.45, 2.75) is 46.1 Å². The van der Waals surface area contributed by atoms with Crippen LogP contribution in [-0.2, 0) is 11.2 Å². The fraction of sp³-hybridized carbons (Fsp3) is 0.833. The lowest BCUT2D eigenvalue weighted by atomic mass is 10.0. The summed E-state index contributed by atoms with van der Waals surface area (Å²) in [4.78, 5) is 4.39. The molecule has 1 heterocycles. The van der Waals surface area contributed by atoms with Crippen LogP contribution in [0, 0.1) is 0 Å². The Kier molecular flexibility index (Phi) is 6.15. The van der Waals surface area contributed by atoms with E-state index in [0.717, 1.165) is 19.0 Å². The molecule has 2 unspecified atom stereocenters. The highest BCUT2D eigenvalue weighted by Gasteiger charge is 2.19. The van der Waals surface area contributed by atoms with Crippen molar-refractivity contribution in [2.75, 3.05) is 19.8 Å². The average Bonchev–Trinajstić information content (AvgIpc) is 2.77. The molecule has 0 saturated heterocycles. The quantitative estimate of drug-likeness (QED) is 0.703. The van der Waals surface area contributed by atoms with E-state index in [-0.39, 0.29) is 5.92 Å². The van der Waals surface area contributed by atoms with Crippen LogP contribution in [0.2, 0.25) is 0 Å². The third kappa shape index (κ3) is 4.44. The minimum Gasteiger partial charge on any atom is -0.381 e. The van der Waals surface area contributed by atoms with E-state index in [1.165, 1.54) is 0 Å². The van der Waals surface area contributed by atoms with Crippen molar-refractivity contribution in [2.24, 2.45) is 0 Å². The normalized spacial score (nSPS) is 14.8. The summed E-state index contributed by atoms with van der Waals surface area (Å²) in [5.74, 6) is 1.65. The molecule has 1 aromatic heterocycles. The fourth-order valence-electron chi connectivity index (χ4n) is 1.57. The lowest BCUT2D eigenvalue weighted by molar-refractivity contribution is 0.149. The molecule has 17 heavy (non-hydrogen) atoms. The molecule has 1 aromatic rings. The molecule has 0 fully saturated rings. The van der Waals surface area contributed by atoms with E-state index in [1.54, 1.807) is 0 Å². The van der Waals surface area contributed by atoms with Gasteiger partial charge in [0.2, 0.25) is 5.89 Å². The Morgan fingerprint density at radius 2 is 2.12 bits per heavy atom. The Morgan fingerprint density at radius 1 is 1.35 bits per heavy atom. The Hall–Kier alpha value is -0.940. The standard InChI is InChI=1S/C12H23N3O2/c1-5-13-10(4)9(3)12-14-11(15-17-12)7-8-16-6-2/h9-10,13H,5-8H2,1-4H3. The van der Waals surface area contributed by atoms with Gasteiger partial charge in [-0.25, -0.2) is 0 Å². The zero-order valence-corrected chi connectivity index (χ0v) is 11.2. The molecular weight excluding hydrogens is 218 g/mol. The number of rotatable bonds is 8. The molecule has 0 bridgehead atoms. The van der Waals surface area contributed by atoms with Crippen LogP contribution < -0.4 is 5.32 Å². The molecule has 2 atom stereocenters. The summed E-state index contributed by atoms with van der Waals surface area (Å²) in [6.07, 6.45) is 0.708. The van der Waals surface area contributed by atoms with Crippen LogP contribution in [0.1, 0.15) is 45.3 Å². The molecule has 0 saturated carbocycles. The van der Waals surface area contributed by atoms with Gasteiger partial charge in [0, 0.05) is 19.1 Å². The second kappa shape index (κ2) is 7.40. The third-order valence-corrected chi connectivity index (χ3v) is 2.82. The van der Waals surface area contributed by atoms with Crippen molar-refractivity contribution in [3.63, 3.8) is 0 Å². The predicted octanol–water partition coefficient (Wildman–Crippen LogP) is 1.75. The van der Waals surface area contributed by atoms with Crippen molar-refractivity contribution >= 4 is 0 Å². The molecule has 0 amide bonds. The highest BCUT2D eigenvalue weighted by Crippen LogP contribution is 2.17. The van der Waals surface area contributed by atoms with Crippen LogP contribution in [0.15, 0.2) is 4.52 Å². The van der Waals surface area contributed by atoms with Gasteiger partial charge in [0.25, 0.3) is 0 Å². The Labute approximate surface area is 103 Å². The van der Waals surface area contributed by atoms with Gasteiger partial charge in [-0.15, -0.1) is 0 Å². The molecule has 1 rings (SSSR count). The van der Waals surface area contributed by atoms with E-state index in [4.69, 9.17) is 9.26 Å². The number of hydrogen-bond donors (Lipinski definition) is 1. The maximum atomic E-state index is 5.27. The first kappa shape index (κ1) is 14.1. The van der Waals surface area contributed by atoms with Crippen molar-refractivity contribution < 1.29 is 9.26 Å². The van der Waals surface area contributed by atoms with Crippen LogP contribution in [0.3, 0.4) is 0 Å². The second-order valence-corrected chi connectivity index (χ2v) is 4.13. The minimum atomic E-state index is 0.225. The van der Waals surface area contributed by atoms with Crippen molar-refractivity contribution in [1.82, 2.24) is 15.5 Å². The monoisotopic (exact) mass is 241 g/mol. The van der Waals surface area contributed by atoms with E-state index >= 15 is 0 Å². The molecule has 1 N–H and O–H groups in total. The molecule has 5 nitrogen and oxygen atoms in total. The van der Waals surface area contributed by atoms with Crippen molar-refractivity contribution in [3.8, 4) is 0 Å². The first-order valence-corrected chi connectivity index (χ1v) is 6.32. The van der Waals surface area contributed by atoms with E-state index in [9.17, 15) is 0 Å². The molecule has 5 heteroatoms.